The van der Waals surface area contributed by atoms with Gasteiger partial charge in [-0.05, 0) is 6.42 Å². The minimum absolute atomic E-state index is 0.410. The maximum Gasteiger partial charge on any atom is 0.325 e. The zero-order valence-electron chi connectivity index (χ0n) is 16.1. The van der Waals surface area contributed by atoms with Crippen molar-refractivity contribution in [3.05, 3.63) is 0 Å². The number of hydrogen-bond acceptors (Lipinski definition) is 13. The third-order valence-electron chi connectivity index (χ3n) is 3.87. The Balaban J connectivity index is 4.92. The number of carbonyl (C=O) groups is 4. The Morgan fingerprint density at radius 1 is 0.833 bits per heavy atom. The molecule has 0 aromatic rings. The molecule has 0 aromatic heterocycles. The van der Waals surface area contributed by atoms with Gasteiger partial charge in [-0.15, -0.1) is 0 Å². The summed E-state index contributed by atoms with van der Waals surface area (Å²) in [6.07, 6.45) is -5.37. The first kappa shape index (κ1) is 27.6. The molecule has 0 aliphatic carbocycles. The molecule has 0 spiro atoms. The van der Waals surface area contributed by atoms with Crippen molar-refractivity contribution < 1.29 is 49.1 Å². The fraction of sp³-hybridized carbons (Fsp3) is 0.733. The predicted molar refractivity (Wildman–Crippen MR) is 97.0 cm³/mol. The number of primary amides is 2. The second-order valence-electron chi connectivity index (χ2n) is 6.63. The van der Waals surface area contributed by atoms with Crippen molar-refractivity contribution in [2.24, 2.45) is 28.7 Å². The number of aliphatic hydroxyl groups is 4. The molecular formula is C15H29N5O10. The van der Waals surface area contributed by atoms with Crippen LogP contribution < -0.4 is 28.7 Å². The van der Waals surface area contributed by atoms with Crippen LogP contribution in [0.3, 0.4) is 0 Å². The number of esters is 2. The molecule has 15 heteroatoms. The van der Waals surface area contributed by atoms with E-state index in [-0.39, 0.29) is 0 Å². The molecule has 0 bridgehead atoms. The molecule has 0 aliphatic heterocycles. The van der Waals surface area contributed by atoms with Crippen LogP contribution in [0.5, 0.6) is 0 Å². The first-order valence-corrected chi connectivity index (χ1v) is 8.66. The van der Waals surface area contributed by atoms with E-state index in [0.717, 1.165) is 0 Å². The van der Waals surface area contributed by atoms with Gasteiger partial charge in [0.15, 0.2) is 0 Å². The third-order valence-corrected chi connectivity index (χ3v) is 3.87. The summed E-state index contributed by atoms with van der Waals surface area (Å²) in [4.78, 5) is 46.8. The summed E-state index contributed by atoms with van der Waals surface area (Å²) >= 11 is 0. The number of nitrogens with two attached hydrogens (primary N) is 5. The molecule has 30 heavy (non-hydrogen) atoms. The topological polar surface area (TPSA) is 298 Å². The van der Waals surface area contributed by atoms with E-state index in [9.17, 15) is 29.4 Å². The maximum atomic E-state index is 12.0. The van der Waals surface area contributed by atoms with Crippen molar-refractivity contribution in [1.82, 2.24) is 0 Å². The third kappa shape index (κ3) is 8.54. The van der Waals surface area contributed by atoms with Gasteiger partial charge in [-0.2, -0.15) is 0 Å². The molecule has 0 rings (SSSR count). The number of aliphatic hydroxyl groups excluding tert-OH is 4. The van der Waals surface area contributed by atoms with E-state index in [2.05, 4.69) is 0 Å². The Labute approximate surface area is 171 Å². The smallest absolute Gasteiger partial charge is 0.325 e. The number of amides is 2. The fourth-order valence-electron chi connectivity index (χ4n) is 2.11. The normalized spacial score (nSPS) is 18.2. The Kier molecular flexibility index (Phi) is 10.8. The monoisotopic (exact) mass is 439 g/mol. The van der Waals surface area contributed by atoms with Gasteiger partial charge in [0.1, 0.15) is 6.04 Å². The Hall–Kier alpha value is -2.40. The van der Waals surface area contributed by atoms with E-state index in [0.29, 0.717) is 0 Å². The van der Waals surface area contributed by atoms with Crippen LogP contribution in [0.15, 0.2) is 0 Å². The second kappa shape index (κ2) is 11.7. The van der Waals surface area contributed by atoms with Crippen LogP contribution in [0.2, 0.25) is 0 Å². The minimum Gasteiger partial charge on any atom is -0.434 e. The van der Waals surface area contributed by atoms with Crippen molar-refractivity contribution in [2.45, 2.75) is 55.4 Å². The Bertz CT molecular complexity index is 635. The van der Waals surface area contributed by atoms with Crippen LogP contribution in [-0.4, -0.2) is 87.1 Å². The molecule has 0 saturated carbocycles. The molecule has 14 N–H and O–H groups in total. The molecule has 4 unspecified atom stereocenters. The summed E-state index contributed by atoms with van der Waals surface area (Å²) in [6, 6.07) is -1.50. The van der Waals surface area contributed by atoms with Crippen molar-refractivity contribution in [3.8, 4) is 0 Å². The molecule has 15 nitrogen and oxygen atoms in total. The Morgan fingerprint density at radius 3 is 1.60 bits per heavy atom. The molecular weight excluding hydrogens is 410 g/mol. The summed E-state index contributed by atoms with van der Waals surface area (Å²) < 4.78 is 9.46. The highest BCUT2D eigenvalue weighted by Gasteiger charge is 2.41. The van der Waals surface area contributed by atoms with Gasteiger partial charge in [0.2, 0.25) is 11.4 Å². The highest BCUT2D eigenvalue weighted by atomic mass is 16.6. The molecule has 174 valence electrons. The molecule has 5 atom stereocenters. The van der Waals surface area contributed by atoms with Crippen LogP contribution in [0.4, 0.5) is 0 Å². The van der Waals surface area contributed by atoms with Crippen LogP contribution in [-0.2, 0) is 28.7 Å². The lowest BCUT2D eigenvalue weighted by Gasteiger charge is -2.29. The van der Waals surface area contributed by atoms with E-state index in [1.165, 1.54) is 0 Å². The summed E-state index contributed by atoms with van der Waals surface area (Å²) in [7, 11) is 0. The van der Waals surface area contributed by atoms with Gasteiger partial charge < -0.3 is 47.1 Å². The van der Waals surface area contributed by atoms with Crippen LogP contribution >= 0.6 is 0 Å². The maximum absolute atomic E-state index is 12.0. The highest BCUT2D eigenvalue weighted by molar-refractivity contribution is 5.88. The van der Waals surface area contributed by atoms with Crippen molar-refractivity contribution in [2.75, 3.05) is 13.2 Å². The van der Waals surface area contributed by atoms with Crippen molar-refractivity contribution >= 4 is 23.8 Å². The van der Waals surface area contributed by atoms with Gasteiger partial charge in [-0.1, -0.05) is 0 Å². The molecule has 0 aliphatic rings. The summed E-state index contributed by atoms with van der Waals surface area (Å²) in [5.74, 6) is -4.97. The summed E-state index contributed by atoms with van der Waals surface area (Å²) in [6.45, 7) is -1.56. The SMILES string of the molecule is NC(=O)C(N)(CC(O)CO)OC(=O)CC[C@H](N)C(=O)OC(N)(CC(O)CO)C(N)=O. The van der Waals surface area contributed by atoms with Crippen molar-refractivity contribution in [1.29, 1.82) is 0 Å². The van der Waals surface area contributed by atoms with Crippen LogP contribution in [0.1, 0.15) is 25.7 Å². The van der Waals surface area contributed by atoms with Gasteiger partial charge in [-0.25, -0.2) is 0 Å². The predicted octanol–water partition coefficient (Wildman–Crippen LogP) is -6.05. The molecule has 0 aromatic carbocycles. The number of ether oxygens (including phenoxy) is 2. The van der Waals surface area contributed by atoms with E-state index in [1.807, 2.05) is 0 Å². The number of hydrogen-bond donors (Lipinski definition) is 9. The van der Waals surface area contributed by atoms with Gasteiger partial charge in [0.25, 0.3) is 11.8 Å². The average molecular weight is 439 g/mol. The largest absolute Gasteiger partial charge is 0.434 e. The summed E-state index contributed by atoms with van der Waals surface area (Å²) in [5.41, 5.74) is 21.9. The molecule has 0 fully saturated rings. The Morgan fingerprint density at radius 2 is 1.23 bits per heavy atom. The molecule has 0 heterocycles. The van der Waals surface area contributed by atoms with Gasteiger partial charge >= 0.3 is 11.9 Å². The van der Waals surface area contributed by atoms with E-state index in [4.69, 9.17) is 48.4 Å². The van der Waals surface area contributed by atoms with Crippen molar-refractivity contribution in [3.63, 3.8) is 0 Å². The lowest BCUT2D eigenvalue weighted by molar-refractivity contribution is -0.173. The zero-order valence-corrected chi connectivity index (χ0v) is 16.1. The minimum atomic E-state index is -2.46. The van der Waals surface area contributed by atoms with E-state index in [1.54, 1.807) is 0 Å². The second-order valence-corrected chi connectivity index (χ2v) is 6.63. The van der Waals surface area contributed by atoms with Gasteiger partial charge in [-0.3, -0.25) is 30.6 Å². The molecule has 2 amide bonds. The lowest BCUT2D eigenvalue weighted by Crippen LogP contribution is -2.59. The molecule has 0 radical (unpaired) electrons. The van der Waals surface area contributed by atoms with E-state index < -0.39 is 92.3 Å². The highest BCUT2D eigenvalue weighted by Crippen LogP contribution is 2.16. The number of carbonyl (C=O) groups excluding carboxylic acids is 4. The fourth-order valence-corrected chi connectivity index (χ4v) is 2.11. The first-order chi connectivity index (χ1) is 13.7. The summed E-state index contributed by atoms with van der Waals surface area (Å²) in [5, 5.41) is 36.4. The van der Waals surface area contributed by atoms with Crippen LogP contribution in [0, 0.1) is 0 Å². The first-order valence-electron chi connectivity index (χ1n) is 8.66. The lowest BCUT2D eigenvalue weighted by atomic mass is 10.0. The number of rotatable bonds is 14. The quantitative estimate of drug-likeness (QED) is 0.0899. The average Bonchev–Trinajstić information content (AvgIpc) is 2.65. The van der Waals surface area contributed by atoms with Gasteiger partial charge in [0, 0.05) is 19.3 Å². The standard InChI is InChI=1S/C15H29N5O10/c16-9(11(26)30-15(20,13(18)28)4-8(24)6-22)1-2-10(25)29-14(19,12(17)27)3-7(23)5-21/h7-9,21-24H,1-6,16,19-20H2,(H2,17,27)(H2,18,28)/t7?,8?,9-,14?,15?/m0/s1. The van der Waals surface area contributed by atoms with Crippen LogP contribution in [0.25, 0.3) is 0 Å². The van der Waals surface area contributed by atoms with Gasteiger partial charge in [0.05, 0.1) is 25.4 Å². The van der Waals surface area contributed by atoms with E-state index >= 15 is 0 Å². The zero-order chi connectivity index (χ0) is 23.7. The molecule has 0 saturated heterocycles.